The third-order valence-electron chi connectivity index (χ3n) is 6.71. The summed E-state index contributed by atoms with van der Waals surface area (Å²) < 4.78 is 0. The van der Waals surface area contributed by atoms with Crippen LogP contribution in [0.4, 0.5) is 0 Å². The predicted octanol–water partition coefficient (Wildman–Crippen LogP) is 6.60. The number of aliphatic hydroxyl groups excluding tert-OH is 1. The van der Waals surface area contributed by atoms with Crippen molar-refractivity contribution in [1.82, 2.24) is 4.98 Å². The normalized spacial score (nSPS) is 31.3. The molecule has 1 heterocycles. The molecular weight excluding hydrogens is 498 g/mol. The molecule has 2 aliphatic rings. The molecule has 0 bridgehead atoms. The second-order valence-corrected chi connectivity index (χ2v) is 10.3. The monoisotopic (exact) mass is 525 g/mol. The Balaban J connectivity index is 0.00000240. The first-order valence-corrected chi connectivity index (χ1v) is 12.2. The van der Waals surface area contributed by atoms with Crippen molar-refractivity contribution < 1.29 is 37.8 Å². The van der Waals surface area contributed by atoms with Gasteiger partial charge in [-0.3, -0.25) is 0 Å². The average Bonchev–Trinajstić information content (AvgIpc) is 3.30. The number of alkyl halides is 2. The van der Waals surface area contributed by atoms with E-state index < -0.39 is 0 Å². The van der Waals surface area contributed by atoms with Crippen LogP contribution in [0.5, 0.6) is 0 Å². The maximum absolute atomic E-state index is 10.4. The van der Waals surface area contributed by atoms with Crippen molar-refractivity contribution in [3.05, 3.63) is 51.5 Å². The maximum Gasteiger partial charge on any atom is 0.0793 e. The van der Waals surface area contributed by atoms with Crippen LogP contribution in [0.2, 0.25) is 0 Å². The van der Waals surface area contributed by atoms with E-state index in [1.54, 1.807) is 17.5 Å². The second-order valence-electron chi connectivity index (χ2n) is 8.31. The molecule has 2 nitrogen and oxygen atoms in total. The molecule has 0 saturated heterocycles. The quantitative estimate of drug-likeness (QED) is 0.340. The molecule has 1 aromatic carbocycles. The Labute approximate surface area is 213 Å². The van der Waals surface area contributed by atoms with E-state index >= 15 is 0 Å². The molecule has 0 aliphatic heterocycles. The van der Waals surface area contributed by atoms with Crippen LogP contribution in [0.15, 0.2) is 24.4 Å². The zero-order valence-electron chi connectivity index (χ0n) is 16.9. The summed E-state index contributed by atoms with van der Waals surface area (Å²) in [6.45, 7) is 2.24. The Bertz CT molecular complexity index is 787. The molecule has 6 atom stereocenters. The molecule has 4 rings (SSSR count). The van der Waals surface area contributed by atoms with Gasteiger partial charge in [-0.15, -0.1) is 23.2 Å². The molecule has 0 spiro atoms. The van der Waals surface area contributed by atoms with Gasteiger partial charge in [0, 0.05) is 49.4 Å². The van der Waals surface area contributed by atoms with Gasteiger partial charge in [-0.05, 0) is 60.6 Å². The SMILES string of the molecule is CCC1CCC(O)c2ccc(C3C(Cl)CC(Cl)C3CCCc3nc[c-]s3)cc21.[Y]. The molecule has 6 unspecified atom stereocenters. The number of benzene rings is 1. The van der Waals surface area contributed by atoms with Crippen LogP contribution in [0.3, 0.4) is 0 Å². The fourth-order valence-corrected chi connectivity index (χ4v) is 6.90. The van der Waals surface area contributed by atoms with Crippen LogP contribution in [0.25, 0.3) is 0 Å². The number of aryl methyl sites for hydroxylation is 1. The third kappa shape index (κ3) is 5.29. The fourth-order valence-electron chi connectivity index (χ4n) is 5.22. The Morgan fingerprint density at radius 2 is 2.03 bits per heavy atom. The van der Waals surface area contributed by atoms with Crippen molar-refractivity contribution in [3.63, 3.8) is 0 Å². The van der Waals surface area contributed by atoms with E-state index in [-0.39, 0.29) is 55.5 Å². The van der Waals surface area contributed by atoms with Crippen LogP contribution in [-0.2, 0) is 39.1 Å². The van der Waals surface area contributed by atoms with Crippen LogP contribution in [0.1, 0.15) is 85.1 Å². The molecule has 1 fully saturated rings. The summed E-state index contributed by atoms with van der Waals surface area (Å²) in [5.74, 6) is 1.22. The number of rotatable bonds is 6. The number of aliphatic hydroxyl groups is 1. The fraction of sp³-hybridized carbons (Fsp3) is 0.609. The minimum Gasteiger partial charge on any atom is -0.388 e. The minimum atomic E-state index is -0.325. The van der Waals surface area contributed by atoms with Crippen LogP contribution >= 0.6 is 34.5 Å². The Kier molecular flexibility index (Phi) is 9.06. The van der Waals surface area contributed by atoms with Crippen molar-refractivity contribution in [3.8, 4) is 0 Å². The summed E-state index contributed by atoms with van der Waals surface area (Å²) in [5, 5.41) is 14.8. The number of fused-ring (bicyclic) bond motifs is 1. The Morgan fingerprint density at radius 1 is 1.21 bits per heavy atom. The van der Waals surface area contributed by atoms with Gasteiger partial charge >= 0.3 is 0 Å². The second kappa shape index (κ2) is 10.9. The van der Waals surface area contributed by atoms with Crippen LogP contribution in [-0.4, -0.2) is 20.8 Å². The van der Waals surface area contributed by atoms with Gasteiger partial charge in [-0.25, -0.2) is 0 Å². The molecule has 6 heteroatoms. The standard InChI is InChI=1S/C23H28Cl2NOS.Y/c1-2-14-7-9-21(27)16-8-6-15(12-18(14)16)23-17(19(24)13-20(23)25)4-3-5-22-26-10-11-28-22;/h6,8,10,12,14,17,19-21,23,27H,2-5,7,9,13H2,1H3;/q-1;. The molecule has 1 aromatic heterocycles. The van der Waals surface area contributed by atoms with Gasteiger partial charge < -0.3 is 21.4 Å². The summed E-state index contributed by atoms with van der Waals surface area (Å²) in [6.07, 6.45) is 8.47. The molecule has 2 aromatic rings. The van der Waals surface area contributed by atoms with Crippen molar-refractivity contribution >= 4 is 34.5 Å². The molecule has 0 amide bonds. The van der Waals surface area contributed by atoms with Gasteiger partial charge in [0.25, 0.3) is 0 Å². The largest absolute Gasteiger partial charge is 0.388 e. The number of hydrogen-bond acceptors (Lipinski definition) is 3. The first-order chi connectivity index (χ1) is 13.6. The summed E-state index contributed by atoms with van der Waals surface area (Å²) in [5.41, 5.74) is 3.75. The summed E-state index contributed by atoms with van der Waals surface area (Å²) in [7, 11) is 0. The first kappa shape index (κ1) is 24.1. The number of nitrogens with zero attached hydrogens (tertiary/aromatic N) is 1. The van der Waals surface area contributed by atoms with E-state index in [4.69, 9.17) is 23.2 Å². The number of thiazole rings is 1. The van der Waals surface area contributed by atoms with E-state index in [0.29, 0.717) is 11.8 Å². The summed E-state index contributed by atoms with van der Waals surface area (Å²) >= 11 is 15.2. The zero-order chi connectivity index (χ0) is 19.7. The van der Waals surface area contributed by atoms with Gasteiger partial charge in [-0.1, -0.05) is 49.2 Å². The molecule has 1 N–H and O–H groups in total. The van der Waals surface area contributed by atoms with E-state index in [0.717, 1.165) is 55.5 Å². The molecule has 2 aliphatic carbocycles. The summed E-state index contributed by atoms with van der Waals surface area (Å²) in [4.78, 5) is 4.34. The van der Waals surface area contributed by atoms with Gasteiger partial charge in [0.05, 0.1) is 6.10 Å². The van der Waals surface area contributed by atoms with Gasteiger partial charge in [-0.2, -0.15) is 5.38 Å². The van der Waals surface area contributed by atoms with E-state index in [9.17, 15) is 5.11 Å². The smallest absolute Gasteiger partial charge is 0.0793 e. The molecule has 1 radical (unpaired) electrons. The molecular formula is C23H28Cl2NOSY-. The molecule has 155 valence electrons. The maximum atomic E-state index is 10.4. The minimum absolute atomic E-state index is 0. The van der Waals surface area contributed by atoms with Gasteiger partial charge in [0.2, 0.25) is 0 Å². The van der Waals surface area contributed by atoms with Crippen LogP contribution in [0, 0.1) is 11.3 Å². The topological polar surface area (TPSA) is 33.1 Å². The predicted molar refractivity (Wildman–Crippen MR) is 118 cm³/mol. The molecule has 29 heavy (non-hydrogen) atoms. The van der Waals surface area contributed by atoms with E-state index in [1.165, 1.54) is 11.1 Å². The Hall–Kier alpha value is 0.494. The van der Waals surface area contributed by atoms with E-state index in [2.05, 4.69) is 35.5 Å². The van der Waals surface area contributed by atoms with Gasteiger partial charge in [0.15, 0.2) is 0 Å². The van der Waals surface area contributed by atoms with Crippen molar-refractivity contribution in [2.75, 3.05) is 0 Å². The summed E-state index contributed by atoms with van der Waals surface area (Å²) in [6, 6.07) is 6.67. The van der Waals surface area contributed by atoms with Crippen LogP contribution < -0.4 is 0 Å². The van der Waals surface area contributed by atoms with Crippen molar-refractivity contribution in [1.29, 1.82) is 0 Å². The first-order valence-electron chi connectivity index (χ1n) is 10.5. The average molecular weight is 526 g/mol. The number of halogens is 2. The number of aromatic nitrogens is 1. The Morgan fingerprint density at radius 3 is 2.76 bits per heavy atom. The van der Waals surface area contributed by atoms with Crippen molar-refractivity contribution in [2.24, 2.45) is 5.92 Å². The van der Waals surface area contributed by atoms with Gasteiger partial charge in [0.1, 0.15) is 0 Å². The zero-order valence-corrected chi connectivity index (χ0v) is 22.0. The number of hydrogen-bond donors (Lipinski definition) is 1. The van der Waals surface area contributed by atoms with Crippen molar-refractivity contribution in [2.45, 2.75) is 80.6 Å². The molecule has 1 saturated carbocycles. The third-order valence-corrected chi connectivity index (χ3v) is 8.43. The van der Waals surface area contributed by atoms with E-state index in [1.807, 2.05) is 0 Å².